The van der Waals surface area contributed by atoms with Crippen LogP contribution in [0.15, 0.2) is 35.4 Å². The van der Waals surface area contributed by atoms with E-state index in [0.29, 0.717) is 9.25 Å². The van der Waals surface area contributed by atoms with Crippen molar-refractivity contribution in [2.45, 2.75) is 19.3 Å². The lowest BCUT2D eigenvalue weighted by atomic mass is 10.3. The highest BCUT2D eigenvalue weighted by Gasteiger charge is 2.37. The molecule has 0 aliphatic rings. The first-order valence-corrected chi connectivity index (χ1v) is 7.65. The summed E-state index contributed by atoms with van der Waals surface area (Å²) < 4.78 is 40.9. The summed E-state index contributed by atoms with van der Waals surface area (Å²) in [5.74, 6) is -1.63. The molecular weight excluding hydrogens is 353 g/mol. The molecule has 0 atom stereocenters. The van der Waals surface area contributed by atoms with Gasteiger partial charge in [-0.3, -0.25) is 9.36 Å². The van der Waals surface area contributed by atoms with Crippen LogP contribution in [0.5, 0.6) is 0 Å². The number of para-hydroxylation sites is 2. The monoisotopic (exact) mass is 368 g/mol. The second-order valence-corrected chi connectivity index (χ2v) is 5.60. The van der Waals surface area contributed by atoms with Gasteiger partial charge in [0.25, 0.3) is 0 Å². The molecule has 0 spiro atoms. The lowest BCUT2D eigenvalue weighted by molar-refractivity contribution is -0.147. The van der Waals surface area contributed by atoms with Crippen LogP contribution in [0.2, 0.25) is 0 Å². The second-order valence-electron chi connectivity index (χ2n) is 5.60. The zero-order valence-corrected chi connectivity index (χ0v) is 13.7. The van der Waals surface area contributed by atoms with Gasteiger partial charge in [-0.15, -0.1) is 5.10 Å². The molecule has 26 heavy (non-hydrogen) atoms. The van der Waals surface area contributed by atoms with Crippen molar-refractivity contribution in [1.82, 2.24) is 29.2 Å². The number of carbonyl (C=O) groups is 1. The van der Waals surface area contributed by atoms with Gasteiger partial charge in [0.15, 0.2) is 0 Å². The fourth-order valence-electron chi connectivity index (χ4n) is 2.53. The normalized spacial score (nSPS) is 11.8. The maximum Gasteiger partial charge on any atom is 0.451 e. The molecular formula is C15H15F3N6O2. The summed E-state index contributed by atoms with van der Waals surface area (Å²) in [4.78, 5) is 27.9. The first-order chi connectivity index (χ1) is 12.3. The Morgan fingerprint density at radius 3 is 2.69 bits per heavy atom. The Hall–Kier alpha value is -3.11. The van der Waals surface area contributed by atoms with E-state index < -0.39 is 17.7 Å². The summed E-state index contributed by atoms with van der Waals surface area (Å²) in [6.45, 7) is -0.190. The highest BCUT2D eigenvalue weighted by molar-refractivity contribution is 5.80. The van der Waals surface area contributed by atoms with E-state index in [0.717, 1.165) is 18.1 Å². The zero-order valence-electron chi connectivity index (χ0n) is 13.7. The molecule has 0 unspecified atom stereocenters. The van der Waals surface area contributed by atoms with Crippen LogP contribution in [0.3, 0.4) is 0 Å². The number of fused-ring (bicyclic) bond motifs is 1. The third-order valence-corrected chi connectivity index (χ3v) is 3.78. The lowest BCUT2D eigenvalue weighted by Crippen LogP contribution is -2.33. The van der Waals surface area contributed by atoms with E-state index in [2.05, 4.69) is 15.4 Å². The van der Waals surface area contributed by atoms with Gasteiger partial charge in [0.2, 0.25) is 11.7 Å². The van der Waals surface area contributed by atoms with Crippen LogP contribution in [0.4, 0.5) is 13.2 Å². The highest BCUT2D eigenvalue weighted by Crippen LogP contribution is 2.25. The van der Waals surface area contributed by atoms with Crippen molar-refractivity contribution in [2.75, 3.05) is 6.54 Å². The summed E-state index contributed by atoms with van der Waals surface area (Å²) in [5, 5.41) is 5.82. The molecule has 2 heterocycles. The Morgan fingerprint density at radius 1 is 1.27 bits per heavy atom. The zero-order chi connectivity index (χ0) is 18.9. The van der Waals surface area contributed by atoms with Crippen LogP contribution in [-0.2, 0) is 31.1 Å². The summed E-state index contributed by atoms with van der Waals surface area (Å²) in [6.07, 6.45) is -3.19. The molecule has 0 radical (unpaired) electrons. The molecule has 0 aliphatic heterocycles. The Bertz CT molecular complexity index is 1000. The molecule has 0 aliphatic carbocycles. The van der Waals surface area contributed by atoms with E-state index in [-0.39, 0.29) is 25.5 Å². The number of rotatable bonds is 5. The Balaban J connectivity index is 1.60. The van der Waals surface area contributed by atoms with Gasteiger partial charge in [-0.05, 0) is 12.1 Å². The largest absolute Gasteiger partial charge is 0.451 e. The summed E-state index contributed by atoms with van der Waals surface area (Å²) in [7, 11) is 0.997. The van der Waals surface area contributed by atoms with Gasteiger partial charge in [-0.25, -0.2) is 14.5 Å². The first-order valence-electron chi connectivity index (χ1n) is 7.65. The Morgan fingerprint density at radius 2 is 2.00 bits per heavy atom. The number of benzene rings is 1. The maximum absolute atomic E-state index is 12.7. The summed E-state index contributed by atoms with van der Waals surface area (Å²) >= 11 is 0. The number of amides is 1. The van der Waals surface area contributed by atoms with Gasteiger partial charge in [-0.1, -0.05) is 12.1 Å². The molecule has 138 valence electrons. The highest BCUT2D eigenvalue weighted by atomic mass is 19.4. The van der Waals surface area contributed by atoms with Crippen molar-refractivity contribution in [1.29, 1.82) is 0 Å². The van der Waals surface area contributed by atoms with Crippen LogP contribution < -0.4 is 11.0 Å². The molecule has 3 aromatic rings. The number of alkyl halides is 3. The Kier molecular flexibility index (Phi) is 4.53. The minimum Gasteiger partial charge on any atom is -0.353 e. The smallest absolute Gasteiger partial charge is 0.353 e. The second kappa shape index (κ2) is 6.65. The predicted molar refractivity (Wildman–Crippen MR) is 85.2 cm³/mol. The number of nitrogens with zero attached hydrogens (tertiary/aromatic N) is 5. The molecule has 0 bridgehead atoms. The van der Waals surface area contributed by atoms with Crippen LogP contribution >= 0.6 is 0 Å². The fourth-order valence-corrected chi connectivity index (χ4v) is 2.53. The van der Waals surface area contributed by atoms with Gasteiger partial charge < -0.3 is 9.88 Å². The van der Waals surface area contributed by atoms with E-state index in [1.807, 2.05) is 24.3 Å². The van der Waals surface area contributed by atoms with Crippen molar-refractivity contribution in [3.05, 3.63) is 46.9 Å². The van der Waals surface area contributed by atoms with Crippen LogP contribution in [-0.4, -0.2) is 36.4 Å². The number of hydrogen-bond acceptors (Lipinski definition) is 4. The standard InChI is InChI=1S/C15H15F3N6O2/c1-22-13(15(16,17)18)21-24(14(22)26)7-6-19-12(25)8-23-9-20-10-4-2-3-5-11(10)23/h2-5,9H,6-8H2,1H3,(H,19,25). The van der Waals surface area contributed by atoms with E-state index in [9.17, 15) is 22.8 Å². The Labute approximate surface area is 144 Å². The minimum atomic E-state index is -4.72. The lowest BCUT2D eigenvalue weighted by Gasteiger charge is -2.06. The molecule has 3 rings (SSSR count). The van der Waals surface area contributed by atoms with Crippen LogP contribution in [0.25, 0.3) is 11.0 Å². The van der Waals surface area contributed by atoms with Crippen molar-refractivity contribution >= 4 is 16.9 Å². The van der Waals surface area contributed by atoms with Crippen molar-refractivity contribution in [3.63, 3.8) is 0 Å². The topological polar surface area (TPSA) is 86.7 Å². The average Bonchev–Trinajstić information content (AvgIpc) is 3.11. The number of halogens is 3. The third kappa shape index (κ3) is 3.46. The molecule has 1 N–H and O–H groups in total. The molecule has 0 fully saturated rings. The molecule has 0 saturated carbocycles. The van der Waals surface area contributed by atoms with E-state index in [1.54, 1.807) is 4.57 Å². The summed E-state index contributed by atoms with van der Waals surface area (Å²) in [5.41, 5.74) is 0.644. The van der Waals surface area contributed by atoms with Gasteiger partial charge in [0.05, 0.1) is 23.9 Å². The minimum absolute atomic E-state index is 0.00539. The van der Waals surface area contributed by atoms with Crippen LogP contribution in [0.1, 0.15) is 5.82 Å². The quantitative estimate of drug-likeness (QED) is 0.721. The number of carbonyl (C=O) groups excluding carboxylic acids is 1. The van der Waals surface area contributed by atoms with Crippen LogP contribution in [0, 0.1) is 0 Å². The molecule has 8 nitrogen and oxygen atoms in total. The average molecular weight is 368 g/mol. The van der Waals surface area contributed by atoms with Gasteiger partial charge in [0, 0.05) is 13.6 Å². The molecule has 2 aromatic heterocycles. The maximum atomic E-state index is 12.7. The number of nitrogens with one attached hydrogen (secondary N) is 1. The number of imidazole rings is 1. The SMILES string of the molecule is Cn1c(C(F)(F)F)nn(CCNC(=O)Cn2cnc3ccccc32)c1=O. The van der Waals surface area contributed by atoms with E-state index in [1.165, 1.54) is 6.33 Å². The van der Waals surface area contributed by atoms with E-state index in [4.69, 9.17) is 0 Å². The van der Waals surface area contributed by atoms with Gasteiger partial charge in [0.1, 0.15) is 6.54 Å². The molecule has 1 amide bonds. The summed E-state index contributed by atoms with van der Waals surface area (Å²) in [6, 6.07) is 7.29. The molecule has 1 aromatic carbocycles. The van der Waals surface area contributed by atoms with Crippen molar-refractivity contribution < 1.29 is 18.0 Å². The van der Waals surface area contributed by atoms with E-state index >= 15 is 0 Å². The molecule has 0 saturated heterocycles. The van der Waals surface area contributed by atoms with Crippen molar-refractivity contribution in [3.8, 4) is 0 Å². The fraction of sp³-hybridized carbons (Fsp3) is 0.333. The van der Waals surface area contributed by atoms with Crippen molar-refractivity contribution in [2.24, 2.45) is 7.05 Å². The number of aromatic nitrogens is 5. The van der Waals surface area contributed by atoms with Gasteiger partial charge >= 0.3 is 11.9 Å². The number of hydrogen-bond donors (Lipinski definition) is 1. The first kappa shape index (κ1) is 17.7. The molecule has 11 heteroatoms. The third-order valence-electron chi connectivity index (χ3n) is 3.78. The predicted octanol–water partition coefficient (Wildman–Crippen LogP) is 0.767. The van der Waals surface area contributed by atoms with Gasteiger partial charge in [-0.2, -0.15) is 13.2 Å².